The standard InChI is InChI=1S/C16H12ClFN2O/c1-9-8-12(18)6-7-13(9)15-14(16(19)20-21-15)10-2-4-11(17)5-3-10/h2-8H,1H3,(H2,19,20). The third kappa shape index (κ3) is 2.50. The van der Waals surface area contributed by atoms with Crippen molar-refractivity contribution in [3.8, 4) is 22.5 Å². The van der Waals surface area contributed by atoms with Gasteiger partial charge in [-0.15, -0.1) is 0 Å². The highest BCUT2D eigenvalue weighted by Crippen LogP contribution is 2.38. The van der Waals surface area contributed by atoms with Crippen LogP contribution in [0, 0.1) is 12.7 Å². The summed E-state index contributed by atoms with van der Waals surface area (Å²) in [5.41, 5.74) is 8.95. The normalized spacial score (nSPS) is 10.8. The van der Waals surface area contributed by atoms with Gasteiger partial charge in [0.1, 0.15) is 5.82 Å². The average Bonchev–Trinajstić information content (AvgIpc) is 2.82. The number of aryl methyl sites for hydroxylation is 1. The van der Waals surface area contributed by atoms with Crippen molar-refractivity contribution in [2.45, 2.75) is 6.92 Å². The van der Waals surface area contributed by atoms with Crippen molar-refractivity contribution < 1.29 is 8.91 Å². The second kappa shape index (κ2) is 5.22. The molecule has 5 heteroatoms. The lowest BCUT2D eigenvalue weighted by Gasteiger charge is -2.06. The van der Waals surface area contributed by atoms with Gasteiger partial charge in [0.15, 0.2) is 11.6 Å². The molecule has 2 N–H and O–H groups in total. The fraction of sp³-hybridized carbons (Fsp3) is 0.0625. The second-order valence-electron chi connectivity index (χ2n) is 4.74. The largest absolute Gasteiger partial charge is 0.380 e. The Hall–Kier alpha value is -2.33. The van der Waals surface area contributed by atoms with Crippen LogP contribution in [-0.2, 0) is 0 Å². The Labute approximate surface area is 126 Å². The number of nitrogens with zero attached hydrogens (tertiary/aromatic N) is 1. The SMILES string of the molecule is Cc1cc(F)ccc1-c1onc(N)c1-c1ccc(Cl)cc1. The quantitative estimate of drug-likeness (QED) is 0.747. The summed E-state index contributed by atoms with van der Waals surface area (Å²) in [7, 11) is 0. The monoisotopic (exact) mass is 302 g/mol. The van der Waals surface area contributed by atoms with Crippen molar-refractivity contribution in [3.63, 3.8) is 0 Å². The Morgan fingerprint density at radius 1 is 1.14 bits per heavy atom. The van der Waals surface area contributed by atoms with Gasteiger partial charge in [-0.3, -0.25) is 0 Å². The molecule has 21 heavy (non-hydrogen) atoms. The molecule has 0 bridgehead atoms. The Balaban J connectivity index is 2.19. The van der Waals surface area contributed by atoms with Crippen LogP contribution in [0.5, 0.6) is 0 Å². The predicted molar refractivity (Wildman–Crippen MR) is 81.5 cm³/mol. The summed E-state index contributed by atoms with van der Waals surface area (Å²) in [5, 5.41) is 4.46. The lowest BCUT2D eigenvalue weighted by molar-refractivity contribution is 0.436. The molecule has 3 nitrogen and oxygen atoms in total. The topological polar surface area (TPSA) is 52.0 Å². The molecular weight excluding hydrogens is 291 g/mol. The minimum absolute atomic E-state index is 0.288. The number of hydrogen-bond acceptors (Lipinski definition) is 3. The molecule has 2 aromatic carbocycles. The number of nitrogens with two attached hydrogens (primary N) is 1. The van der Waals surface area contributed by atoms with Crippen molar-refractivity contribution in [2.24, 2.45) is 0 Å². The first-order valence-corrected chi connectivity index (χ1v) is 6.71. The van der Waals surface area contributed by atoms with Gasteiger partial charge in [-0.1, -0.05) is 28.9 Å². The first kappa shape index (κ1) is 13.6. The molecule has 0 aliphatic heterocycles. The molecule has 0 spiro atoms. The summed E-state index contributed by atoms with van der Waals surface area (Å²) in [6, 6.07) is 11.7. The molecule has 3 aromatic rings. The number of anilines is 1. The van der Waals surface area contributed by atoms with E-state index in [0.717, 1.165) is 16.7 Å². The summed E-state index contributed by atoms with van der Waals surface area (Å²) in [4.78, 5) is 0. The van der Waals surface area contributed by atoms with E-state index < -0.39 is 0 Å². The van der Waals surface area contributed by atoms with Crippen molar-refractivity contribution in [3.05, 3.63) is 58.9 Å². The predicted octanol–water partition coefficient (Wildman–Crippen LogP) is 4.69. The Morgan fingerprint density at radius 2 is 1.86 bits per heavy atom. The molecule has 0 saturated carbocycles. The molecule has 0 aliphatic carbocycles. The molecule has 0 atom stereocenters. The number of halogens is 2. The summed E-state index contributed by atoms with van der Waals surface area (Å²) in [6.07, 6.45) is 0. The van der Waals surface area contributed by atoms with E-state index in [2.05, 4.69) is 5.16 Å². The first-order chi connectivity index (χ1) is 10.1. The molecule has 0 aliphatic rings. The molecule has 1 heterocycles. The molecule has 0 saturated heterocycles. The zero-order valence-electron chi connectivity index (χ0n) is 11.2. The van der Waals surface area contributed by atoms with Crippen LogP contribution in [0.3, 0.4) is 0 Å². The third-order valence-electron chi connectivity index (χ3n) is 3.28. The lowest BCUT2D eigenvalue weighted by atomic mass is 9.98. The van der Waals surface area contributed by atoms with E-state index in [0.29, 0.717) is 16.3 Å². The number of hydrogen-bond donors (Lipinski definition) is 1. The van der Waals surface area contributed by atoms with Gasteiger partial charge in [-0.05, 0) is 48.4 Å². The van der Waals surface area contributed by atoms with Crippen LogP contribution in [0.2, 0.25) is 5.02 Å². The summed E-state index contributed by atoms with van der Waals surface area (Å²) < 4.78 is 18.6. The van der Waals surface area contributed by atoms with Crippen molar-refractivity contribution in [2.75, 3.05) is 5.73 Å². The van der Waals surface area contributed by atoms with Crippen LogP contribution in [0.15, 0.2) is 47.0 Å². The van der Waals surface area contributed by atoms with Crippen LogP contribution < -0.4 is 5.73 Å². The molecule has 3 rings (SSSR count). The van der Waals surface area contributed by atoms with E-state index >= 15 is 0 Å². The van der Waals surface area contributed by atoms with Crippen molar-refractivity contribution >= 4 is 17.4 Å². The summed E-state index contributed by atoms with van der Waals surface area (Å²) >= 11 is 5.90. The van der Waals surface area contributed by atoms with E-state index in [1.54, 1.807) is 18.2 Å². The highest BCUT2D eigenvalue weighted by atomic mass is 35.5. The molecule has 1 aromatic heterocycles. The van der Waals surface area contributed by atoms with E-state index in [4.69, 9.17) is 21.9 Å². The second-order valence-corrected chi connectivity index (χ2v) is 5.17. The van der Waals surface area contributed by atoms with E-state index in [1.165, 1.54) is 12.1 Å². The Morgan fingerprint density at radius 3 is 2.52 bits per heavy atom. The molecule has 0 unspecified atom stereocenters. The first-order valence-electron chi connectivity index (χ1n) is 6.34. The number of aromatic nitrogens is 1. The van der Waals surface area contributed by atoms with Crippen LogP contribution in [0.1, 0.15) is 5.56 Å². The highest BCUT2D eigenvalue weighted by Gasteiger charge is 2.19. The van der Waals surface area contributed by atoms with Crippen LogP contribution in [0.25, 0.3) is 22.5 Å². The van der Waals surface area contributed by atoms with Gasteiger partial charge in [0.2, 0.25) is 0 Å². The Kier molecular flexibility index (Phi) is 3.39. The van der Waals surface area contributed by atoms with Gasteiger partial charge in [0.05, 0.1) is 5.56 Å². The molecular formula is C16H12ClFN2O. The molecule has 0 fully saturated rings. The number of rotatable bonds is 2. The maximum Gasteiger partial charge on any atom is 0.177 e. The number of benzene rings is 2. The van der Waals surface area contributed by atoms with Crippen molar-refractivity contribution in [1.29, 1.82) is 0 Å². The third-order valence-corrected chi connectivity index (χ3v) is 3.54. The maximum absolute atomic E-state index is 13.3. The molecule has 106 valence electrons. The Bertz CT molecular complexity index is 797. The van der Waals surface area contributed by atoms with Gasteiger partial charge in [-0.2, -0.15) is 0 Å². The van der Waals surface area contributed by atoms with E-state index in [1.807, 2.05) is 19.1 Å². The van der Waals surface area contributed by atoms with Gasteiger partial charge in [0, 0.05) is 10.6 Å². The summed E-state index contributed by atoms with van der Waals surface area (Å²) in [6.45, 7) is 1.81. The highest BCUT2D eigenvalue weighted by molar-refractivity contribution is 6.30. The van der Waals surface area contributed by atoms with Crippen LogP contribution in [0.4, 0.5) is 10.2 Å². The molecule has 0 amide bonds. The van der Waals surface area contributed by atoms with Gasteiger partial charge in [-0.25, -0.2) is 4.39 Å². The minimum Gasteiger partial charge on any atom is -0.380 e. The van der Waals surface area contributed by atoms with Gasteiger partial charge < -0.3 is 10.3 Å². The zero-order chi connectivity index (χ0) is 15.0. The van der Waals surface area contributed by atoms with E-state index in [-0.39, 0.29) is 11.6 Å². The fourth-order valence-electron chi connectivity index (χ4n) is 2.26. The zero-order valence-corrected chi connectivity index (χ0v) is 12.0. The van der Waals surface area contributed by atoms with Gasteiger partial charge >= 0.3 is 0 Å². The fourth-order valence-corrected chi connectivity index (χ4v) is 2.39. The van der Waals surface area contributed by atoms with E-state index in [9.17, 15) is 4.39 Å². The van der Waals surface area contributed by atoms with Crippen molar-refractivity contribution in [1.82, 2.24) is 5.16 Å². The minimum atomic E-state index is -0.295. The summed E-state index contributed by atoms with van der Waals surface area (Å²) in [5.74, 6) is 0.514. The maximum atomic E-state index is 13.3. The van der Waals surface area contributed by atoms with Crippen LogP contribution >= 0.6 is 11.6 Å². The number of nitrogen functional groups attached to an aromatic ring is 1. The lowest BCUT2D eigenvalue weighted by Crippen LogP contribution is -1.90. The van der Waals surface area contributed by atoms with Gasteiger partial charge in [0.25, 0.3) is 0 Å². The van der Waals surface area contributed by atoms with Crippen LogP contribution in [-0.4, -0.2) is 5.16 Å². The average molecular weight is 303 g/mol. The smallest absolute Gasteiger partial charge is 0.177 e. The molecule has 0 radical (unpaired) electrons.